The number of nitrogens with one attached hydrogen (secondary N) is 1. The first kappa shape index (κ1) is 24.6. The second-order valence-electron chi connectivity index (χ2n) is 8.43. The van der Waals surface area contributed by atoms with Gasteiger partial charge in [0.1, 0.15) is 10.6 Å². The van der Waals surface area contributed by atoms with Crippen LogP contribution >= 0.6 is 22.9 Å². The van der Waals surface area contributed by atoms with Gasteiger partial charge in [0.2, 0.25) is 0 Å². The van der Waals surface area contributed by atoms with Crippen LogP contribution in [0.25, 0.3) is 21.2 Å². The normalized spacial score (nSPS) is 11.7. The van der Waals surface area contributed by atoms with Gasteiger partial charge in [-0.3, -0.25) is 4.79 Å². The largest absolute Gasteiger partial charge is 0.478 e. The Morgan fingerprint density at radius 1 is 0.838 bits per heavy atom. The number of fused-ring (bicyclic) bond motifs is 1. The molecule has 0 aliphatic heterocycles. The average molecular weight is 528 g/mol. The molecule has 5 aromatic rings. The van der Waals surface area contributed by atoms with Gasteiger partial charge in [-0.05, 0) is 47.0 Å². The Morgan fingerprint density at radius 3 is 2.11 bits per heavy atom. The van der Waals surface area contributed by atoms with Crippen molar-refractivity contribution in [2.24, 2.45) is 0 Å². The van der Waals surface area contributed by atoms with Crippen molar-refractivity contribution in [2.45, 2.75) is 12.5 Å². The number of amides is 1. The highest BCUT2D eigenvalue weighted by Gasteiger charge is 2.20. The van der Waals surface area contributed by atoms with Gasteiger partial charge in [-0.25, -0.2) is 4.79 Å². The van der Waals surface area contributed by atoms with Crippen LogP contribution < -0.4 is 10.1 Å². The smallest absolute Gasteiger partial charge is 0.345 e. The summed E-state index contributed by atoms with van der Waals surface area (Å²) in [7, 11) is 0. The van der Waals surface area contributed by atoms with E-state index in [4.69, 9.17) is 16.3 Å². The zero-order valence-corrected chi connectivity index (χ0v) is 21.1. The van der Waals surface area contributed by atoms with Crippen LogP contribution in [0.1, 0.15) is 15.2 Å². The zero-order chi connectivity index (χ0) is 25.8. The molecule has 0 fully saturated rings. The predicted molar refractivity (Wildman–Crippen MR) is 149 cm³/mol. The predicted octanol–water partition coefficient (Wildman–Crippen LogP) is 7.55. The number of halogens is 1. The van der Waals surface area contributed by atoms with Crippen LogP contribution in [-0.4, -0.2) is 23.1 Å². The van der Waals surface area contributed by atoms with Crippen LogP contribution in [0.5, 0.6) is 5.75 Å². The lowest BCUT2D eigenvalue weighted by Crippen LogP contribution is -2.29. The van der Waals surface area contributed by atoms with Crippen molar-refractivity contribution < 1.29 is 19.4 Å². The van der Waals surface area contributed by atoms with Gasteiger partial charge in [-0.2, -0.15) is 0 Å². The van der Waals surface area contributed by atoms with E-state index in [-0.39, 0.29) is 12.3 Å². The van der Waals surface area contributed by atoms with Gasteiger partial charge in [0.15, 0.2) is 6.10 Å². The van der Waals surface area contributed by atoms with E-state index in [1.807, 2.05) is 91.0 Å². The number of anilines is 1. The van der Waals surface area contributed by atoms with Gasteiger partial charge in [-0.1, -0.05) is 84.4 Å². The average Bonchev–Trinajstić information content (AvgIpc) is 3.26. The molecule has 1 unspecified atom stereocenters. The van der Waals surface area contributed by atoms with E-state index in [0.29, 0.717) is 21.3 Å². The van der Waals surface area contributed by atoms with Crippen LogP contribution in [0.15, 0.2) is 103 Å². The lowest BCUT2D eigenvalue weighted by molar-refractivity contribution is -0.145. The minimum absolute atomic E-state index is 0.246. The van der Waals surface area contributed by atoms with Crippen LogP contribution in [0, 0.1) is 0 Å². The molecule has 0 spiro atoms. The molecular formula is C30H22ClNO4S. The van der Waals surface area contributed by atoms with E-state index in [2.05, 4.69) is 5.32 Å². The molecule has 0 radical (unpaired) electrons. The number of hydrogen-bond acceptors (Lipinski definition) is 4. The van der Waals surface area contributed by atoms with Gasteiger partial charge in [0, 0.05) is 22.2 Å². The van der Waals surface area contributed by atoms with E-state index in [1.165, 1.54) is 11.3 Å². The topological polar surface area (TPSA) is 75.6 Å². The van der Waals surface area contributed by atoms with Crippen molar-refractivity contribution in [1.29, 1.82) is 0 Å². The molecule has 5 rings (SSSR count). The first-order valence-corrected chi connectivity index (χ1v) is 12.8. The van der Waals surface area contributed by atoms with E-state index >= 15 is 0 Å². The summed E-state index contributed by atoms with van der Waals surface area (Å²) in [5.74, 6) is -0.775. The summed E-state index contributed by atoms with van der Waals surface area (Å²) in [6.07, 6.45) is -0.705. The third kappa shape index (κ3) is 5.66. The van der Waals surface area contributed by atoms with Crippen LogP contribution in [0.2, 0.25) is 5.02 Å². The fraction of sp³-hybridized carbons (Fsp3) is 0.0667. The molecule has 37 heavy (non-hydrogen) atoms. The second-order valence-corrected chi connectivity index (χ2v) is 9.86. The summed E-state index contributed by atoms with van der Waals surface area (Å²) in [5, 5.41) is 13.8. The number of carboxylic acids is 1. The maximum absolute atomic E-state index is 12.8. The Morgan fingerprint density at radius 2 is 1.46 bits per heavy atom. The van der Waals surface area contributed by atoms with E-state index in [1.54, 1.807) is 12.1 Å². The summed E-state index contributed by atoms with van der Waals surface area (Å²) in [6, 6.07) is 31.8. The lowest BCUT2D eigenvalue weighted by atomic mass is 10.0. The SMILES string of the molecule is O=C(Nc1ccc(-c2ccc(OC(Cc3ccccc3)C(=O)O)cc2)cc1)c1sc2ccccc2c1Cl. The Bertz CT molecular complexity index is 1550. The van der Waals surface area contributed by atoms with Crippen molar-refractivity contribution >= 4 is 50.6 Å². The number of rotatable bonds is 8. The molecule has 0 saturated heterocycles. The summed E-state index contributed by atoms with van der Waals surface area (Å²) >= 11 is 7.80. The Kier molecular flexibility index (Phi) is 7.21. The van der Waals surface area contributed by atoms with Crippen molar-refractivity contribution in [2.75, 3.05) is 5.32 Å². The van der Waals surface area contributed by atoms with Crippen molar-refractivity contribution in [3.05, 3.63) is 119 Å². The molecule has 0 bridgehead atoms. The van der Waals surface area contributed by atoms with E-state index < -0.39 is 12.1 Å². The van der Waals surface area contributed by atoms with Crippen molar-refractivity contribution in [3.8, 4) is 16.9 Å². The van der Waals surface area contributed by atoms with Crippen molar-refractivity contribution in [3.63, 3.8) is 0 Å². The number of carboxylic acid groups (broad SMARTS) is 1. The molecule has 1 heterocycles. The molecule has 1 amide bonds. The number of hydrogen-bond donors (Lipinski definition) is 2. The maximum Gasteiger partial charge on any atom is 0.345 e. The lowest BCUT2D eigenvalue weighted by Gasteiger charge is -2.15. The number of thiophene rings is 1. The van der Waals surface area contributed by atoms with E-state index in [0.717, 1.165) is 26.8 Å². The first-order valence-electron chi connectivity index (χ1n) is 11.6. The molecule has 0 aliphatic rings. The summed E-state index contributed by atoms with van der Waals surface area (Å²) < 4.78 is 6.72. The first-order chi connectivity index (χ1) is 18.0. The third-order valence-electron chi connectivity index (χ3n) is 5.89. The Hall–Kier alpha value is -4.13. The number of aliphatic carboxylic acids is 1. The van der Waals surface area contributed by atoms with Crippen molar-refractivity contribution in [1.82, 2.24) is 0 Å². The maximum atomic E-state index is 12.8. The fourth-order valence-corrected chi connectivity index (χ4v) is 5.40. The number of benzene rings is 4. The molecule has 1 atom stereocenters. The highest BCUT2D eigenvalue weighted by atomic mass is 35.5. The van der Waals surface area contributed by atoms with Gasteiger partial charge in [0.05, 0.1) is 5.02 Å². The molecule has 0 saturated carbocycles. The number of carbonyl (C=O) groups is 2. The molecule has 2 N–H and O–H groups in total. The summed E-state index contributed by atoms with van der Waals surface area (Å²) in [4.78, 5) is 25.0. The van der Waals surface area contributed by atoms with Gasteiger partial charge >= 0.3 is 5.97 Å². The monoisotopic (exact) mass is 527 g/mol. The van der Waals surface area contributed by atoms with Crippen LogP contribution in [0.4, 0.5) is 5.69 Å². The quantitative estimate of drug-likeness (QED) is 0.218. The summed E-state index contributed by atoms with van der Waals surface area (Å²) in [5.41, 5.74) is 3.44. The molecule has 5 nitrogen and oxygen atoms in total. The number of carbonyl (C=O) groups excluding carboxylic acids is 1. The molecule has 4 aromatic carbocycles. The standard InChI is InChI=1S/C30H22ClNO4S/c31-27-24-8-4-5-9-26(24)37-28(27)29(33)32-22-14-10-20(11-15-22)21-12-16-23(17-13-21)36-25(30(34)35)18-19-6-2-1-3-7-19/h1-17,25H,18H2,(H,32,33)(H,34,35). The zero-order valence-electron chi connectivity index (χ0n) is 19.6. The second kappa shape index (κ2) is 10.9. The molecular weight excluding hydrogens is 506 g/mol. The Labute approximate surface area is 222 Å². The van der Waals surface area contributed by atoms with E-state index in [9.17, 15) is 14.7 Å². The molecule has 0 aliphatic carbocycles. The third-order valence-corrected chi connectivity index (χ3v) is 7.56. The van der Waals surface area contributed by atoms with Crippen LogP contribution in [-0.2, 0) is 11.2 Å². The Balaban J connectivity index is 1.24. The highest BCUT2D eigenvalue weighted by Crippen LogP contribution is 2.35. The molecule has 1 aromatic heterocycles. The number of ether oxygens (including phenoxy) is 1. The minimum atomic E-state index is -1.01. The molecule has 184 valence electrons. The molecule has 7 heteroatoms. The van der Waals surface area contributed by atoms with Gasteiger partial charge in [-0.15, -0.1) is 11.3 Å². The van der Waals surface area contributed by atoms with Gasteiger partial charge in [0.25, 0.3) is 5.91 Å². The van der Waals surface area contributed by atoms with Crippen LogP contribution in [0.3, 0.4) is 0 Å². The van der Waals surface area contributed by atoms with Gasteiger partial charge < -0.3 is 15.2 Å². The highest BCUT2D eigenvalue weighted by molar-refractivity contribution is 7.21. The fourth-order valence-electron chi connectivity index (χ4n) is 3.99. The summed E-state index contributed by atoms with van der Waals surface area (Å²) in [6.45, 7) is 0. The minimum Gasteiger partial charge on any atom is -0.478 e.